The molecule has 1 unspecified atom stereocenters. The highest BCUT2D eigenvalue weighted by Gasteiger charge is 2.39. The van der Waals surface area contributed by atoms with Crippen molar-refractivity contribution in [1.29, 1.82) is 0 Å². The van der Waals surface area contributed by atoms with Crippen LogP contribution in [-0.4, -0.2) is 12.0 Å². The minimum atomic E-state index is -2.63. The molecule has 0 spiro atoms. The molecule has 1 atom stereocenters. The van der Waals surface area contributed by atoms with Crippen molar-refractivity contribution in [2.75, 3.05) is 7.11 Å². The van der Waals surface area contributed by atoms with Gasteiger partial charge in [-0.25, -0.2) is 0 Å². The maximum Gasteiger partial charge on any atom is 0.695 e. The van der Waals surface area contributed by atoms with E-state index in [0.29, 0.717) is 18.6 Å². The van der Waals surface area contributed by atoms with Gasteiger partial charge >= 0.3 is 8.25 Å². The lowest BCUT2D eigenvalue weighted by Gasteiger charge is -2.25. The summed E-state index contributed by atoms with van der Waals surface area (Å²) in [5.41, 5.74) is 0.135. The van der Waals surface area contributed by atoms with E-state index < -0.39 is 13.9 Å². The number of methoxy groups -OCH3 is 1. The van der Waals surface area contributed by atoms with Crippen LogP contribution in [0.25, 0.3) is 0 Å². The van der Waals surface area contributed by atoms with E-state index in [2.05, 4.69) is 0 Å². The van der Waals surface area contributed by atoms with E-state index in [0.717, 1.165) is 5.56 Å². The van der Waals surface area contributed by atoms with E-state index in [1.807, 2.05) is 38.1 Å². The van der Waals surface area contributed by atoms with Gasteiger partial charge in [0.15, 0.2) is 5.60 Å². The Morgan fingerprint density at radius 1 is 1.35 bits per heavy atom. The van der Waals surface area contributed by atoms with E-state index in [-0.39, 0.29) is 0 Å². The predicted octanol–water partition coefficient (Wildman–Crippen LogP) is 3.38. The summed E-state index contributed by atoms with van der Waals surface area (Å²) in [5.74, 6) is 0.713. The van der Waals surface area contributed by atoms with Crippen LogP contribution in [-0.2, 0) is 14.7 Å². The van der Waals surface area contributed by atoms with E-state index in [4.69, 9.17) is 14.2 Å². The summed E-state index contributed by atoms with van der Waals surface area (Å²) in [7, 11) is -1.04. The summed E-state index contributed by atoms with van der Waals surface area (Å²) in [6.45, 7) is 3.86. The average molecular weight is 257 g/mol. The summed E-state index contributed by atoms with van der Waals surface area (Å²) >= 11 is 0. The minimum Gasteiger partial charge on any atom is -0.497 e. The molecule has 0 heterocycles. The van der Waals surface area contributed by atoms with Crippen LogP contribution in [0.4, 0.5) is 0 Å². The van der Waals surface area contributed by atoms with Gasteiger partial charge in [-0.15, -0.1) is 9.42 Å². The van der Waals surface area contributed by atoms with Crippen LogP contribution in [0.1, 0.15) is 32.3 Å². The summed E-state index contributed by atoms with van der Waals surface area (Å²) < 4.78 is 21.3. The molecule has 1 aromatic rings. The van der Waals surface area contributed by atoms with Gasteiger partial charge in [0.2, 0.25) is 0 Å². The van der Waals surface area contributed by atoms with Gasteiger partial charge in [0, 0.05) is 4.57 Å². The molecule has 0 aliphatic rings. The van der Waals surface area contributed by atoms with Crippen molar-refractivity contribution in [3.63, 3.8) is 0 Å². The quantitative estimate of drug-likeness (QED) is 0.794. The monoisotopic (exact) mass is 257 g/mol. The first-order valence-electron chi connectivity index (χ1n) is 5.57. The summed E-state index contributed by atoms with van der Waals surface area (Å²) in [6.07, 6.45) is 1.25. The number of ether oxygens (including phenoxy) is 1. The number of hydrogen-bond donors (Lipinski definition) is 1. The summed E-state index contributed by atoms with van der Waals surface area (Å²) in [4.78, 5) is 8.99. The number of rotatable bonds is 6. The van der Waals surface area contributed by atoms with Crippen molar-refractivity contribution in [2.45, 2.75) is 32.3 Å². The van der Waals surface area contributed by atoms with Gasteiger partial charge in [0.1, 0.15) is 5.75 Å². The van der Waals surface area contributed by atoms with Gasteiger partial charge in [-0.3, -0.25) is 0 Å². The molecule has 0 saturated carbocycles. The molecule has 0 fully saturated rings. The van der Waals surface area contributed by atoms with E-state index in [1.54, 1.807) is 7.11 Å². The Labute approximate surface area is 103 Å². The third kappa shape index (κ3) is 3.25. The van der Waals surface area contributed by atoms with Crippen molar-refractivity contribution < 1.29 is 18.7 Å². The van der Waals surface area contributed by atoms with E-state index >= 15 is 0 Å². The molecule has 17 heavy (non-hydrogen) atoms. The fraction of sp³-hybridized carbons (Fsp3) is 0.500. The highest BCUT2D eigenvalue weighted by Crippen LogP contribution is 2.41. The molecule has 1 rings (SSSR count). The maximum absolute atomic E-state index is 11.0. The normalized spacial score (nSPS) is 12.4. The van der Waals surface area contributed by atoms with Crippen LogP contribution >= 0.6 is 8.25 Å². The van der Waals surface area contributed by atoms with Gasteiger partial charge in [-0.1, -0.05) is 26.0 Å². The molecule has 0 aliphatic carbocycles. The van der Waals surface area contributed by atoms with Crippen molar-refractivity contribution in [3.8, 4) is 5.75 Å². The molecule has 0 aliphatic heterocycles. The van der Waals surface area contributed by atoms with Crippen molar-refractivity contribution >= 4 is 8.25 Å². The zero-order valence-electron chi connectivity index (χ0n) is 10.3. The fourth-order valence-corrected chi connectivity index (χ4v) is 2.56. The molecule has 5 heteroatoms. The second-order valence-electron chi connectivity index (χ2n) is 3.76. The summed E-state index contributed by atoms with van der Waals surface area (Å²) in [5, 5.41) is 0. The Kier molecular flexibility index (Phi) is 5.06. The lowest BCUT2D eigenvalue weighted by atomic mass is 9.88. The first-order valence-corrected chi connectivity index (χ1v) is 6.70. The first kappa shape index (κ1) is 14.1. The fourth-order valence-electron chi connectivity index (χ4n) is 1.90. The van der Waals surface area contributed by atoms with Crippen LogP contribution in [0.15, 0.2) is 24.3 Å². The Morgan fingerprint density at radius 2 is 2.00 bits per heavy atom. The van der Waals surface area contributed by atoms with E-state index in [1.165, 1.54) is 0 Å². The van der Waals surface area contributed by atoms with Gasteiger partial charge < -0.3 is 4.74 Å². The highest BCUT2D eigenvalue weighted by molar-refractivity contribution is 7.32. The Balaban J connectivity index is 3.15. The second kappa shape index (κ2) is 6.10. The van der Waals surface area contributed by atoms with Crippen molar-refractivity contribution in [2.24, 2.45) is 0 Å². The first-order chi connectivity index (χ1) is 8.07. The van der Waals surface area contributed by atoms with Crippen molar-refractivity contribution in [3.05, 3.63) is 29.8 Å². The largest absolute Gasteiger partial charge is 0.695 e. The molecular formula is C12H18O4P+. The topological polar surface area (TPSA) is 55.8 Å². The SMILES string of the molecule is CCC(CC)(O[P+](=O)O)c1cccc(OC)c1. The van der Waals surface area contributed by atoms with Gasteiger partial charge in [0.05, 0.1) is 7.11 Å². The molecule has 0 saturated heterocycles. The van der Waals surface area contributed by atoms with Gasteiger partial charge in [-0.2, -0.15) is 0 Å². The molecule has 0 aromatic heterocycles. The molecule has 0 amide bonds. The maximum atomic E-state index is 11.0. The molecule has 0 radical (unpaired) electrons. The van der Waals surface area contributed by atoms with E-state index in [9.17, 15) is 4.57 Å². The molecule has 94 valence electrons. The lowest BCUT2D eigenvalue weighted by Crippen LogP contribution is -2.25. The standard InChI is InChI=1S/C12H17O4P/c1-4-12(5-2,16-17(13)14)10-7-6-8-11(9-10)15-3/h6-9H,4-5H2,1-3H3/p+1. The van der Waals surface area contributed by atoms with Crippen LogP contribution < -0.4 is 4.74 Å². The summed E-state index contributed by atoms with van der Waals surface area (Å²) in [6, 6.07) is 7.40. The van der Waals surface area contributed by atoms with Crippen molar-refractivity contribution in [1.82, 2.24) is 0 Å². The molecule has 1 N–H and O–H groups in total. The highest BCUT2D eigenvalue weighted by atomic mass is 31.1. The third-order valence-corrected chi connectivity index (χ3v) is 3.50. The third-order valence-electron chi connectivity index (χ3n) is 2.99. The average Bonchev–Trinajstić information content (AvgIpc) is 2.36. The minimum absolute atomic E-state index is 0.623. The molecule has 1 aromatic carbocycles. The molecular weight excluding hydrogens is 239 g/mol. The molecule has 4 nitrogen and oxygen atoms in total. The Hall–Kier alpha value is -0.960. The Bertz CT molecular complexity index is 388. The predicted molar refractivity (Wildman–Crippen MR) is 66.2 cm³/mol. The smallest absolute Gasteiger partial charge is 0.497 e. The number of hydrogen-bond acceptors (Lipinski definition) is 3. The van der Waals surface area contributed by atoms with Crippen LogP contribution in [0.3, 0.4) is 0 Å². The van der Waals surface area contributed by atoms with Gasteiger partial charge in [-0.05, 0) is 30.5 Å². The zero-order chi connectivity index (χ0) is 12.9. The van der Waals surface area contributed by atoms with Crippen LogP contribution in [0, 0.1) is 0 Å². The van der Waals surface area contributed by atoms with Crippen LogP contribution in [0.2, 0.25) is 0 Å². The number of benzene rings is 1. The lowest BCUT2D eigenvalue weighted by molar-refractivity contribution is 0.0534. The van der Waals surface area contributed by atoms with Crippen LogP contribution in [0.5, 0.6) is 5.75 Å². The second-order valence-corrected chi connectivity index (χ2v) is 4.42. The molecule has 0 bridgehead atoms. The Morgan fingerprint density at radius 3 is 2.47 bits per heavy atom. The van der Waals surface area contributed by atoms with Gasteiger partial charge in [0.25, 0.3) is 0 Å². The zero-order valence-corrected chi connectivity index (χ0v) is 11.2.